The third-order valence-electron chi connectivity index (χ3n) is 3.04. The molecule has 1 amide bonds. The van der Waals surface area contributed by atoms with E-state index in [1.54, 1.807) is 6.92 Å². The van der Waals surface area contributed by atoms with Crippen molar-refractivity contribution in [3.05, 3.63) is 24.3 Å². The van der Waals surface area contributed by atoms with Gasteiger partial charge in [-0.1, -0.05) is 31.4 Å². The number of para-hydroxylation sites is 1. The first-order valence-corrected chi connectivity index (χ1v) is 7.17. The maximum atomic E-state index is 11.1. The van der Waals surface area contributed by atoms with Crippen LogP contribution in [-0.2, 0) is 4.79 Å². The minimum Gasteiger partial charge on any atom is -0.325 e. The summed E-state index contributed by atoms with van der Waals surface area (Å²) in [7, 11) is 0. The molecule has 1 N–H and O–H groups in total. The fourth-order valence-electron chi connectivity index (χ4n) is 2.22. The number of nitrogens with one attached hydrogen (secondary N) is 1. The summed E-state index contributed by atoms with van der Waals surface area (Å²) in [6.07, 6.45) is 6.68. The van der Waals surface area contributed by atoms with E-state index in [-0.39, 0.29) is 5.91 Å². The number of amides is 1. The molecule has 1 aliphatic carbocycles. The van der Waals surface area contributed by atoms with Crippen molar-refractivity contribution in [3.63, 3.8) is 0 Å². The van der Waals surface area contributed by atoms with Crippen molar-refractivity contribution in [2.45, 2.75) is 49.2 Å². The van der Waals surface area contributed by atoms with Crippen molar-refractivity contribution in [1.82, 2.24) is 0 Å². The molecule has 2 rings (SSSR count). The van der Waals surface area contributed by atoms with E-state index >= 15 is 0 Å². The van der Waals surface area contributed by atoms with Crippen LogP contribution in [-0.4, -0.2) is 11.2 Å². The molecule has 3 heteroatoms. The second kappa shape index (κ2) is 6.10. The van der Waals surface area contributed by atoms with Crippen LogP contribution >= 0.6 is 11.8 Å². The highest BCUT2D eigenvalue weighted by Gasteiger charge is 2.16. The van der Waals surface area contributed by atoms with Crippen LogP contribution < -0.4 is 5.32 Å². The summed E-state index contributed by atoms with van der Waals surface area (Å²) < 4.78 is 0. The average Bonchev–Trinajstić information content (AvgIpc) is 2.32. The molecule has 1 aliphatic rings. The van der Waals surface area contributed by atoms with Gasteiger partial charge in [-0.25, -0.2) is 0 Å². The molecule has 0 aromatic heterocycles. The van der Waals surface area contributed by atoms with Crippen LogP contribution in [0.5, 0.6) is 0 Å². The molecule has 0 atom stereocenters. The van der Waals surface area contributed by atoms with E-state index in [1.807, 2.05) is 30.0 Å². The summed E-state index contributed by atoms with van der Waals surface area (Å²) in [5.41, 5.74) is 0.954. The predicted octanol–water partition coefficient (Wildman–Crippen LogP) is 4.07. The summed E-state index contributed by atoms with van der Waals surface area (Å²) >= 11 is 1.92. The minimum absolute atomic E-state index is 0.00157. The summed E-state index contributed by atoms with van der Waals surface area (Å²) in [5, 5.41) is 3.62. The fourth-order valence-corrected chi connectivity index (χ4v) is 3.56. The zero-order chi connectivity index (χ0) is 12.1. The molecule has 0 unspecified atom stereocenters. The van der Waals surface area contributed by atoms with Gasteiger partial charge in [-0.2, -0.15) is 0 Å². The summed E-state index contributed by atoms with van der Waals surface area (Å²) in [4.78, 5) is 12.3. The molecule has 17 heavy (non-hydrogen) atoms. The first-order chi connectivity index (χ1) is 8.25. The Labute approximate surface area is 107 Å². The highest BCUT2D eigenvalue weighted by molar-refractivity contribution is 8.00. The molecule has 2 nitrogen and oxygen atoms in total. The van der Waals surface area contributed by atoms with Gasteiger partial charge in [0.1, 0.15) is 0 Å². The zero-order valence-electron chi connectivity index (χ0n) is 10.2. The summed E-state index contributed by atoms with van der Waals surface area (Å²) in [6, 6.07) is 8.09. The van der Waals surface area contributed by atoms with Gasteiger partial charge < -0.3 is 5.32 Å². The molecule has 0 spiro atoms. The molecular weight excluding hydrogens is 230 g/mol. The highest BCUT2D eigenvalue weighted by Crippen LogP contribution is 2.36. The molecule has 0 bridgehead atoms. The Morgan fingerprint density at radius 3 is 2.65 bits per heavy atom. The van der Waals surface area contributed by atoms with Crippen molar-refractivity contribution >= 4 is 23.4 Å². The minimum atomic E-state index is 0.00157. The van der Waals surface area contributed by atoms with Crippen LogP contribution in [0.1, 0.15) is 39.0 Å². The normalized spacial score (nSPS) is 16.8. The Morgan fingerprint density at radius 1 is 1.24 bits per heavy atom. The second-order valence-electron chi connectivity index (χ2n) is 4.56. The largest absolute Gasteiger partial charge is 0.325 e. The quantitative estimate of drug-likeness (QED) is 0.875. The first kappa shape index (κ1) is 12.5. The molecule has 0 saturated heterocycles. The van der Waals surface area contributed by atoms with Crippen LogP contribution in [0.25, 0.3) is 0 Å². The Bertz CT molecular complexity index is 386. The lowest BCUT2D eigenvalue weighted by atomic mass is 10.0. The molecule has 0 heterocycles. The molecular formula is C14H19NOS. The van der Waals surface area contributed by atoms with Gasteiger partial charge in [-0.3, -0.25) is 4.79 Å². The molecule has 1 fully saturated rings. The summed E-state index contributed by atoms with van der Waals surface area (Å²) in [5.74, 6) is 0.00157. The first-order valence-electron chi connectivity index (χ1n) is 6.29. The second-order valence-corrected chi connectivity index (χ2v) is 5.90. The lowest BCUT2D eigenvalue weighted by Gasteiger charge is -2.22. The highest BCUT2D eigenvalue weighted by atomic mass is 32.2. The van der Waals surface area contributed by atoms with Crippen LogP contribution in [0, 0.1) is 0 Å². The predicted molar refractivity (Wildman–Crippen MR) is 73.5 cm³/mol. The van der Waals surface area contributed by atoms with E-state index in [4.69, 9.17) is 0 Å². The number of anilines is 1. The van der Waals surface area contributed by atoms with Crippen LogP contribution in [0.2, 0.25) is 0 Å². The van der Waals surface area contributed by atoms with Crippen molar-refractivity contribution in [2.75, 3.05) is 5.32 Å². The standard InChI is InChI=1S/C14H19NOS/c1-11(16)15-13-9-5-6-10-14(13)17-12-7-3-2-4-8-12/h5-6,9-10,12H,2-4,7-8H2,1H3,(H,15,16). The average molecular weight is 249 g/mol. The number of hydrogen-bond acceptors (Lipinski definition) is 2. The molecule has 1 aromatic carbocycles. The van der Waals surface area contributed by atoms with E-state index in [1.165, 1.54) is 37.0 Å². The number of rotatable bonds is 3. The van der Waals surface area contributed by atoms with E-state index < -0.39 is 0 Å². The van der Waals surface area contributed by atoms with Crippen LogP contribution in [0.15, 0.2) is 29.2 Å². The molecule has 0 radical (unpaired) electrons. The van der Waals surface area contributed by atoms with Gasteiger partial charge in [-0.15, -0.1) is 11.8 Å². The van der Waals surface area contributed by atoms with Crippen molar-refractivity contribution in [2.24, 2.45) is 0 Å². The zero-order valence-corrected chi connectivity index (χ0v) is 11.1. The Morgan fingerprint density at radius 2 is 1.94 bits per heavy atom. The lowest BCUT2D eigenvalue weighted by molar-refractivity contribution is -0.114. The fraction of sp³-hybridized carbons (Fsp3) is 0.500. The third kappa shape index (κ3) is 3.77. The van der Waals surface area contributed by atoms with E-state index in [0.29, 0.717) is 0 Å². The van der Waals surface area contributed by atoms with Gasteiger partial charge in [0.2, 0.25) is 5.91 Å². The maximum absolute atomic E-state index is 11.1. The Kier molecular flexibility index (Phi) is 4.49. The molecule has 1 saturated carbocycles. The Balaban J connectivity index is 2.05. The number of benzene rings is 1. The van der Waals surface area contributed by atoms with E-state index in [0.717, 1.165) is 10.9 Å². The van der Waals surface area contributed by atoms with Gasteiger partial charge in [0.25, 0.3) is 0 Å². The van der Waals surface area contributed by atoms with Crippen LogP contribution in [0.4, 0.5) is 5.69 Å². The monoisotopic (exact) mass is 249 g/mol. The SMILES string of the molecule is CC(=O)Nc1ccccc1SC1CCCCC1. The van der Waals surface area contributed by atoms with Crippen molar-refractivity contribution in [3.8, 4) is 0 Å². The van der Waals surface area contributed by atoms with Gasteiger partial charge in [0.15, 0.2) is 0 Å². The maximum Gasteiger partial charge on any atom is 0.221 e. The molecule has 92 valence electrons. The van der Waals surface area contributed by atoms with E-state index in [2.05, 4.69) is 11.4 Å². The van der Waals surface area contributed by atoms with Gasteiger partial charge in [-0.05, 0) is 25.0 Å². The topological polar surface area (TPSA) is 29.1 Å². The van der Waals surface area contributed by atoms with Crippen molar-refractivity contribution in [1.29, 1.82) is 0 Å². The van der Waals surface area contributed by atoms with Gasteiger partial charge in [0.05, 0.1) is 5.69 Å². The van der Waals surface area contributed by atoms with Gasteiger partial charge >= 0.3 is 0 Å². The number of thioether (sulfide) groups is 1. The smallest absolute Gasteiger partial charge is 0.221 e. The van der Waals surface area contributed by atoms with E-state index in [9.17, 15) is 4.79 Å². The molecule has 1 aromatic rings. The number of hydrogen-bond donors (Lipinski definition) is 1. The summed E-state index contributed by atoms with van der Waals surface area (Å²) in [6.45, 7) is 1.56. The number of carbonyl (C=O) groups excluding carboxylic acids is 1. The van der Waals surface area contributed by atoms with Crippen molar-refractivity contribution < 1.29 is 4.79 Å². The molecule has 0 aliphatic heterocycles. The Hall–Kier alpha value is -0.960. The lowest BCUT2D eigenvalue weighted by Crippen LogP contribution is -2.10. The van der Waals surface area contributed by atoms with Gasteiger partial charge in [0, 0.05) is 17.1 Å². The van der Waals surface area contributed by atoms with Crippen LogP contribution in [0.3, 0.4) is 0 Å². The number of carbonyl (C=O) groups is 1. The third-order valence-corrected chi connectivity index (χ3v) is 4.46.